The van der Waals surface area contributed by atoms with Crippen LogP contribution in [0.4, 0.5) is 17.6 Å². The fourth-order valence-corrected chi connectivity index (χ4v) is 1.78. The Morgan fingerprint density at radius 3 is 2.38 bits per heavy atom. The normalized spacial score (nSPS) is 11.0. The van der Waals surface area contributed by atoms with Crippen molar-refractivity contribution in [2.24, 2.45) is 5.92 Å². The lowest BCUT2D eigenvalue weighted by atomic mass is 10.2. The van der Waals surface area contributed by atoms with E-state index in [9.17, 15) is 22.4 Å². The van der Waals surface area contributed by atoms with Gasteiger partial charge in [-0.25, -0.2) is 8.78 Å². The molecule has 24 heavy (non-hydrogen) atoms. The monoisotopic (exact) mass is 345 g/mol. The van der Waals surface area contributed by atoms with Gasteiger partial charge in [0.2, 0.25) is 11.6 Å². The number of benzene rings is 1. The largest absolute Gasteiger partial charge is 0.479 e. The summed E-state index contributed by atoms with van der Waals surface area (Å²) in [5.41, 5.74) is 0. The molecule has 0 aliphatic heterocycles. The molecular weight excluding hydrogens is 330 g/mol. The number of furan rings is 1. The van der Waals surface area contributed by atoms with Crippen molar-refractivity contribution in [3.63, 3.8) is 0 Å². The molecule has 130 valence electrons. The summed E-state index contributed by atoms with van der Waals surface area (Å²) in [7, 11) is 0. The van der Waals surface area contributed by atoms with Crippen molar-refractivity contribution in [1.29, 1.82) is 0 Å². The van der Waals surface area contributed by atoms with Crippen LogP contribution < -0.4 is 10.1 Å². The Hall–Kier alpha value is -2.51. The van der Waals surface area contributed by atoms with Crippen molar-refractivity contribution in [2.75, 3.05) is 6.54 Å². The zero-order chi connectivity index (χ0) is 17.9. The molecule has 0 bridgehead atoms. The molecule has 0 aliphatic rings. The third-order valence-corrected chi connectivity index (χ3v) is 2.99. The van der Waals surface area contributed by atoms with Crippen molar-refractivity contribution >= 4 is 5.91 Å². The summed E-state index contributed by atoms with van der Waals surface area (Å²) in [6.07, 6.45) is 0. The number of halogens is 4. The van der Waals surface area contributed by atoms with Gasteiger partial charge in [0, 0.05) is 12.6 Å². The van der Waals surface area contributed by atoms with E-state index in [0.29, 0.717) is 6.54 Å². The fraction of sp³-hybridized carbons (Fsp3) is 0.312. The standard InChI is InChI=1S/C16H15F4NO3/c1-8(2)6-21-16(22)12-4-3-9(24-12)7-23-15-13(19)10(17)5-11(18)14(15)20/h3-5,8H,6-7H2,1-2H3,(H,21,22). The molecule has 1 aromatic heterocycles. The molecule has 1 heterocycles. The second-order valence-electron chi connectivity index (χ2n) is 5.46. The molecule has 1 N–H and O–H groups in total. The molecular formula is C16H15F4NO3. The van der Waals surface area contributed by atoms with Crippen LogP contribution in [0.2, 0.25) is 0 Å². The zero-order valence-corrected chi connectivity index (χ0v) is 13.0. The minimum atomic E-state index is -1.64. The lowest BCUT2D eigenvalue weighted by Gasteiger charge is -2.08. The van der Waals surface area contributed by atoms with Gasteiger partial charge in [-0.3, -0.25) is 4.79 Å². The highest BCUT2D eigenvalue weighted by molar-refractivity contribution is 5.91. The van der Waals surface area contributed by atoms with E-state index in [1.165, 1.54) is 12.1 Å². The molecule has 2 rings (SSSR count). The first-order valence-corrected chi connectivity index (χ1v) is 7.12. The Morgan fingerprint density at radius 2 is 1.79 bits per heavy atom. The minimum Gasteiger partial charge on any atom is -0.479 e. The van der Waals surface area contributed by atoms with Crippen LogP contribution in [0.25, 0.3) is 0 Å². The van der Waals surface area contributed by atoms with Crippen LogP contribution in [0.3, 0.4) is 0 Å². The van der Waals surface area contributed by atoms with Crippen LogP contribution in [-0.4, -0.2) is 12.5 Å². The smallest absolute Gasteiger partial charge is 0.287 e. The number of rotatable bonds is 6. The number of hydrogen-bond acceptors (Lipinski definition) is 3. The fourth-order valence-electron chi connectivity index (χ4n) is 1.78. The average molecular weight is 345 g/mol. The molecule has 1 aromatic carbocycles. The third kappa shape index (κ3) is 4.06. The van der Waals surface area contributed by atoms with Gasteiger partial charge in [-0.05, 0) is 18.1 Å². The van der Waals surface area contributed by atoms with Crippen LogP contribution in [-0.2, 0) is 6.61 Å². The molecule has 0 unspecified atom stereocenters. The van der Waals surface area contributed by atoms with E-state index >= 15 is 0 Å². The Kier molecular flexibility index (Phi) is 5.48. The summed E-state index contributed by atoms with van der Waals surface area (Å²) in [5, 5.41) is 2.63. The van der Waals surface area contributed by atoms with Crippen LogP contribution in [0, 0.1) is 29.2 Å². The van der Waals surface area contributed by atoms with Crippen LogP contribution in [0.15, 0.2) is 22.6 Å². The zero-order valence-electron chi connectivity index (χ0n) is 13.0. The van der Waals surface area contributed by atoms with Crippen molar-refractivity contribution < 1.29 is 31.5 Å². The quantitative estimate of drug-likeness (QED) is 0.640. The van der Waals surface area contributed by atoms with E-state index in [4.69, 9.17) is 9.15 Å². The molecule has 0 saturated heterocycles. The van der Waals surface area contributed by atoms with E-state index in [0.717, 1.165) is 0 Å². The SMILES string of the molecule is CC(C)CNC(=O)c1ccc(COc2c(F)c(F)cc(F)c2F)o1. The summed E-state index contributed by atoms with van der Waals surface area (Å²) in [5.74, 6) is -7.77. The van der Waals surface area contributed by atoms with E-state index in [-0.39, 0.29) is 23.5 Å². The van der Waals surface area contributed by atoms with Crippen molar-refractivity contribution in [3.05, 3.63) is 53.0 Å². The number of nitrogens with one attached hydrogen (secondary N) is 1. The molecule has 0 saturated carbocycles. The average Bonchev–Trinajstić information content (AvgIpc) is 2.99. The number of amides is 1. The van der Waals surface area contributed by atoms with E-state index < -0.39 is 41.5 Å². The lowest BCUT2D eigenvalue weighted by Crippen LogP contribution is -2.26. The Balaban J connectivity index is 2.05. The molecule has 0 spiro atoms. The lowest BCUT2D eigenvalue weighted by molar-refractivity contribution is 0.0916. The molecule has 4 nitrogen and oxygen atoms in total. The first-order valence-electron chi connectivity index (χ1n) is 7.12. The van der Waals surface area contributed by atoms with Gasteiger partial charge in [0.15, 0.2) is 23.1 Å². The second kappa shape index (κ2) is 7.37. The predicted molar refractivity (Wildman–Crippen MR) is 76.5 cm³/mol. The van der Waals surface area contributed by atoms with Crippen LogP contribution in [0.1, 0.15) is 30.2 Å². The van der Waals surface area contributed by atoms with Crippen LogP contribution in [0.5, 0.6) is 5.75 Å². The van der Waals surface area contributed by atoms with Gasteiger partial charge < -0.3 is 14.5 Å². The van der Waals surface area contributed by atoms with Gasteiger partial charge in [-0.1, -0.05) is 13.8 Å². The molecule has 0 radical (unpaired) electrons. The highest BCUT2D eigenvalue weighted by atomic mass is 19.2. The van der Waals surface area contributed by atoms with Crippen molar-refractivity contribution in [1.82, 2.24) is 5.32 Å². The summed E-state index contributed by atoms with van der Waals surface area (Å²) in [4.78, 5) is 11.8. The first kappa shape index (κ1) is 17.8. The van der Waals surface area contributed by atoms with Gasteiger partial charge in [-0.15, -0.1) is 0 Å². The van der Waals surface area contributed by atoms with Crippen molar-refractivity contribution in [3.8, 4) is 5.75 Å². The maximum atomic E-state index is 13.5. The predicted octanol–water partition coefficient (Wildman–Crippen LogP) is 3.80. The molecule has 2 aromatic rings. The minimum absolute atomic E-state index is 0.0133. The van der Waals surface area contributed by atoms with Gasteiger partial charge >= 0.3 is 0 Å². The number of ether oxygens (including phenoxy) is 1. The number of hydrogen-bond donors (Lipinski definition) is 1. The van der Waals surface area contributed by atoms with Gasteiger partial charge in [0.05, 0.1) is 0 Å². The second-order valence-corrected chi connectivity index (χ2v) is 5.46. The van der Waals surface area contributed by atoms with E-state index in [1.807, 2.05) is 13.8 Å². The molecule has 0 atom stereocenters. The summed E-state index contributed by atoms with van der Waals surface area (Å²) in [6, 6.07) is 2.80. The summed E-state index contributed by atoms with van der Waals surface area (Å²) in [6.45, 7) is 3.78. The maximum Gasteiger partial charge on any atom is 0.287 e. The summed E-state index contributed by atoms with van der Waals surface area (Å²) >= 11 is 0. The Morgan fingerprint density at radius 1 is 1.17 bits per heavy atom. The third-order valence-electron chi connectivity index (χ3n) is 2.99. The van der Waals surface area contributed by atoms with Crippen molar-refractivity contribution in [2.45, 2.75) is 20.5 Å². The molecule has 0 fully saturated rings. The Bertz CT molecular complexity index is 717. The number of carbonyl (C=O) groups excluding carboxylic acids is 1. The maximum absolute atomic E-state index is 13.5. The van der Waals surface area contributed by atoms with Gasteiger partial charge in [0.25, 0.3) is 5.91 Å². The molecule has 0 aliphatic carbocycles. The highest BCUT2D eigenvalue weighted by Crippen LogP contribution is 2.27. The first-order chi connectivity index (χ1) is 11.3. The Labute approximate surface area is 135 Å². The van der Waals surface area contributed by atoms with Gasteiger partial charge in [-0.2, -0.15) is 8.78 Å². The van der Waals surface area contributed by atoms with Gasteiger partial charge in [0.1, 0.15) is 12.4 Å². The van der Waals surface area contributed by atoms with E-state index in [1.54, 1.807) is 0 Å². The van der Waals surface area contributed by atoms with E-state index in [2.05, 4.69) is 5.32 Å². The molecule has 1 amide bonds. The summed E-state index contributed by atoms with van der Waals surface area (Å²) < 4.78 is 63.0. The highest BCUT2D eigenvalue weighted by Gasteiger charge is 2.21. The molecule has 8 heteroatoms. The topological polar surface area (TPSA) is 51.5 Å². The van der Waals surface area contributed by atoms with Crippen LogP contribution >= 0.6 is 0 Å². The number of carbonyl (C=O) groups is 1.